The van der Waals surface area contributed by atoms with Crippen LogP contribution in [0.5, 0.6) is 0 Å². The summed E-state index contributed by atoms with van der Waals surface area (Å²) in [5, 5.41) is 0. The fraction of sp³-hybridized carbons (Fsp3) is 0.667. The van der Waals surface area contributed by atoms with Gasteiger partial charge in [-0.05, 0) is 56.7 Å². The standard InChI is InChI=1S/C21H33NO/c1-17-9-5-7-15-22(17)16-8-6-10-20(23)18-11-13-19(14-12-18)21(2,3)4/h11-14,17H,5-10,15-16H2,1-4H3. The van der Waals surface area contributed by atoms with Crippen LogP contribution >= 0.6 is 0 Å². The maximum atomic E-state index is 12.3. The summed E-state index contributed by atoms with van der Waals surface area (Å²) in [6, 6.07) is 8.92. The van der Waals surface area contributed by atoms with Gasteiger partial charge in [-0.25, -0.2) is 0 Å². The minimum atomic E-state index is 0.146. The van der Waals surface area contributed by atoms with E-state index in [-0.39, 0.29) is 11.2 Å². The summed E-state index contributed by atoms with van der Waals surface area (Å²) in [4.78, 5) is 14.9. The number of hydrogen-bond acceptors (Lipinski definition) is 2. The van der Waals surface area contributed by atoms with Crippen molar-refractivity contribution in [2.24, 2.45) is 0 Å². The molecule has 1 atom stereocenters. The molecule has 23 heavy (non-hydrogen) atoms. The molecule has 0 radical (unpaired) electrons. The van der Waals surface area contributed by atoms with Crippen molar-refractivity contribution >= 4 is 5.78 Å². The number of Topliss-reactive ketones (excluding diaryl/α,β-unsaturated/α-hetero) is 1. The van der Waals surface area contributed by atoms with E-state index in [0.717, 1.165) is 31.0 Å². The second-order valence-corrected chi connectivity index (χ2v) is 8.09. The zero-order valence-corrected chi connectivity index (χ0v) is 15.4. The second-order valence-electron chi connectivity index (χ2n) is 8.09. The lowest BCUT2D eigenvalue weighted by Crippen LogP contribution is -2.38. The van der Waals surface area contributed by atoms with Crippen molar-refractivity contribution in [1.29, 1.82) is 0 Å². The summed E-state index contributed by atoms with van der Waals surface area (Å²) in [7, 11) is 0. The van der Waals surface area contributed by atoms with Crippen LogP contribution in [0.4, 0.5) is 0 Å². The van der Waals surface area contributed by atoms with Crippen LogP contribution in [0.15, 0.2) is 24.3 Å². The van der Waals surface area contributed by atoms with Gasteiger partial charge in [-0.2, -0.15) is 0 Å². The molecule has 1 saturated heterocycles. The van der Waals surface area contributed by atoms with Crippen LogP contribution in [0.2, 0.25) is 0 Å². The molecule has 0 aliphatic carbocycles. The largest absolute Gasteiger partial charge is 0.301 e. The molecule has 2 rings (SSSR count). The average Bonchev–Trinajstić information content (AvgIpc) is 2.52. The molecule has 2 nitrogen and oxygen atoms in total. The Labute approximate surface area is 142 Å². The highest BCUT2D eigenvalue weighted by Gasteiger charge is 2.17. The summed E-state index contributed by atoms with van der Waals surface area (Å²) >= 11 is 0. The number of unbranched alkanes of at least 4 members (excludes halogenated alkanes) is 1. The molecular formula is C21H33NO. The van der Waals surface area contributed by atoms with Gasteiger partial charge < -0.3 is 4.90 Å². The molecule has 1 aliphatic rings. The predicted octanol–water partition coefficient (Wildman–Crippen LogP) is 5.21. The van der Waals surface area contributed by atoms with E-state index in [2.05, 4.69) is 44.7 Å². The molecule has 128 valence electrons. The van der Waals surface area contributed by atoms with Gasteiger partial charge in [-0.1, -0.05) is 51.5 Å². The van der Waals surface area contributed by atoms with Gasteiger partial charge in [0.2, 0.25) is 0 Å². The highest BCUT2D eigenvalue weighted by molar-refractivity contribution is 5.96. The monoisotopic (exact) mass is 315 g/mol. The van der Waals surface area contributed by atoms with Gasteiger partial charge in [0.15, 0.2) is 5.78 Å². The molecule has 1 aromatic rings. The minimum absolute atomic E-state index is 0.146. The van der Waals surface area contributed by atoms with Crippen molar-refractivity contribution in [3.63, 3.8) is 0 Å². The van der Waals surface area contributed by atoms with Crippen LogP contribution in [-0.4, -0.2) is 29.8 Å². The van der Waals surface area contributed by atoms with Gasteiger partial charge in [-0.15, -0.1) is 0 Å². The quantitative estimate of drug-likeness (QED) is 0.530. The Kier molecular flexibility index (Phi) is 6.41. The number of carbonyl (C=O) groups excluding carboxylic acids is 1. The molecule has 0 saturated carbocycles. The van der Waals surface area contributed by atoms with Crippen molar-refractivity contribution in [3.05, 3.63) is 35.4 Å². The van der Waals surface area contributed by atoms with E-state index in [4.69, 9.17) is 0 Å². The topological polar surface area (TPSA) is 20.3 Å². The number of carbonyl (C=O) groups is 1. The normalized spacial score (nSPS) is 19.7. The Hall–Kier alpha value is -1.15. The third kappa shape index (κ3) is 5.46. The first-order valence-electron chi connectivity index (χ1n) is 9.26. The molecule has 1 unspecified atom stereocenters. The predicted molar refractivity (Wildman–Crippen MR) is 98.2 cm³/mol. The number of likely N-dealkylation sites (tertiary alicyclic amines) is 1. The molecule has 1 heterocycles. The van der Waals surface area contributed by atoms with Crippen LogP contribution in [0.25, 0.3) is 0 Å². The summed E-state index contributed by atoms with van der Waals surface area (Å²) in [5.74, 6) is 0.289. The first kappa shape index (κ1) is 18.2. The smallest absolute Gasteiger partial charge is 0.162 e. The third-order valence-corrected chi connectivity index (χ3v) is 5.11. The van der Waals surface area contributed by atoms with Crippen molar-refractivity contribution < 1.29 is 4.79 Å². The van der Waals surface area contributed by atoms with Crippen molar-refractivity contribution in [3.8, 4) is 0 Å². The lowest BCUT2D eigenvalue weighted by atomic mass is 9.86. The summed E-state index contributed by atoms with van der Waals surface area (Å²) in [5.41, 5.74) is 2.30. The highest BCUT2D eigenvalue weighted by Crippen LogP contribution is 2.23. The lowest BCUT2D eigenvalue weighted by molar-refractivity contribution is 0.0975. The first-order valence-corrected chi connectivity index (χ1v) is 9.26. The number of rotatable bonds is 6. The SMILES string of the molecule is CC1CCCCN1CCCCC(=O)c1ccc(C(C)(C)C)cc1. The number of nitrogens with zero attached hydrogens (tertiary/aromatic N) is 1. The lowest BCUT2D eigenvalue weighted by Gasteiger charge is -2.33. The van der Waals surface area contributed by atoms with Crippen molar-refractivity contribution in [1.82, 2.24) is 4.90 Å². The Balaban J connectivity index is 1.74. The van der Waals surface area contributed by atoms with E-state index >= 15 is 0 Å². The van der Waals surface area contributed by atoms with Gasteiger partial charge in [-0.3, -0.25) is 4.79 Å². The summed E-state index contributed by atoms with van der Waals surface area (Å²) in [6.45, 7) is 11.3. The Morgan fingerprint density at radius 3 is 2.43 bits per heavy atom. The molecule has 1 aliphatic heterocycles. The molecule has 0 bridgehead atoms. The van der Waals surface area contributed by atoms with Gasteiger partial charge >= 0.3 is 0 Å². The third-order valence-electron chi connectivity index (χ3n) is 5.11. The first-order chi connectivity index (χ1) is 10.9. The molecule has 0 aromatic heterocycles. The minimum Gasteiger partial charge on any atom is -0.301 e. The summed E-state index contributed by atoms with van der Waals surface area (Å²) in [6.07, 6.45) is 6.86. The molecule has 0 amide bonds. The fourth-order valence-electron chi connectivity index (χ4n) is 3.39. The van der Waals surface area contributed by atoms with Crippen LogP contribution < -0.4 is 0 Å². The average molecular weight is 316 g/mol. The van der Waals surface area contributed by atoms with E-state index in [9.17, 15) is 4.79 Å². The number of piperidine rings is 1. The maximum Gasteiger partial charge on any atom is 0.162 e. The van der Waals surface area contributed by atoms with E-state index in [0.29, 0.717) is 6.42 Å². The van der Waals surface area contributed by atoms with Crippen LogP contribution in [0.3, 0.4) is 0 Å². The van der Waals surface area contributed by atoms with Gasteiger partial charge in [0, 0.05) is 18.0 Å². The molecular weight excluding hydrogens is 282 g/mol. The van der Waals surface area contributed by atoms with Gasteiger partial charge in [0.25, 0.3) is 0 Å². The number of benzene rings is 1. The fourth-order valence-corrected chi connectivity index (χ4v) is 3.39. The molecule has 2 heteroatoms. The van der Waals surface area contributed by atoms with E-state index in [1.807, 2.05) is 12.1 Å². The maximum absolute atomic E-state index is 12.3. The van der Waals surface area contributed by atoms with E-state index in [1.54, 1.807) is 0 Å². The molecule has 1 aromatic carbocycles. The Morgan fingerprint density at radius 2 is 1.83 bits per heavy atom. The van der Waals surface area contributed by atoms with Crippen LogP contribution in [-0.2, 0) is 5.41 Å². The van der Waals surface area contributed by atoms with Gasteiger partial charge in [0.05, 0.1) is 0 Å². The van der Waals surface area contributed by atoms with Crippen LogP contribution in [0.1, 0.15) is 82.1 Å². The van der Waals surface area contributed by atoms with Crippen molar-refractivity contribution in [2.45, 2.75) is 77.7 Å². The van der Waals surface area contributed by atoms with E-state index < -0.39 is 0 Å². The highest BCUT2D eigenvalue weighted by atomic mass is 16.1. The second kappa shape index (κ2) is 8.10. The number of hydrogen-bond donors (Lipinski definition) is 0. The molecule has 0 spiro atoms. The summed E-state index contributed by atoms with van der Waals surface area (Å²) < 4.78 is 0. The zero-order valence-electron chi connectivity index (χ0n) is 15.4. The Morgan fingerprint density at radius 1 is 1.13 bits per heavy atom. The molecule has 0 N–H and O–H groups in total. The van der Waals surface area contributed by atoms with E-state index in [1.165, 1.54) is 31.4 Å². The van der Waals surface area contributed by atoms with Gasteiger partial charge in [0.1, 0.15) is 0 Å². The number of ketones is 1. The van der Waals surface area contributed by atoms with Crippen LogP contribution in [0, 0.1) is 0 Å². The van der Waals surface area contributed by atoms with Crippen molar-refractivity contribution in [2.75, 3.05) is 13.1 Å². The molecule has 1 fully saturated rings. The Bertz CT molecular complexity index is 498. The zero-order chi connectivity index (χ0) is 16.9.